The maximum absolute atomic E-state index is 11.9. The molecule has 0 aromatic heterocycles. The Kier molecular flexibility index (Phi) is 3.92. The van der Waals surface area contributed by atoms with Gasteiger partial charge in [-0.15, -0.1) is 0 Å². The van der Waals surface area contributed by atoms with E-state index in [0.717, 1.165) is 4.90 Å². The molecule has 0 aliphatic rings. The molecule has 0 fully saturated rings. The first-order valence-electron chi connectivity index (χ1n) is 4.87. The molecule has 0 aliphatic heterocycles. The number of para-hydroxylation sites is 1. The number of aromatic hydroxyl groups is 1. The Morgan fingerprint density at radius 2 is 2.12 bits per heavy atom. The first-order chi connectivity index (χ1) is 7.97. The van der Waals surface area contributed by atoms with Crippen LogP contribution in [0.4, 0.5) is 0 Å². The molecule has 6 heteroatoms. The standard InChI is InChI=1S/C11H14N2O4/c1-13(6-9(12)14)11(16)7-4-3-5-8(17-2)10(7)15/h3-5,15H,6H2,1-2H3,(H2,12,14). The summed E-state index contributed by atoms with van der Waals surface area (Å²) in [5.41, 5.74) is 5.05. The summed E-state index contributed by atoms with van der Waals surface area (Å²) < 4.78 is 4.88. The summed E-state index contributed by atoms with van der Waals surface area (Å²) in [6.07, 6.45) is 0. The molecule has 1 rings (SSSR count). The smallest absolute Gasteiger partial charge is 0.257 e. The SMILES string of the molecule is COc1cccc(C(=O)N(C)CC(N)=O)c1O. The van der Waals surface area contributed by atoms with Crippen molar-refractivity contribution in [3.05, 3.63) is 23.8 Å². The van der Waals surface area contributed by atoms with Gasteiger partial charge < -0.3 is 20.5 Å². The molecule has 0 heterocycles. The number of methoxy groups -OCH3 is 1. The fourth-order valence-corrected chi connectivity index (χ4v) is 1.37. The van der Waals surface area contributed by atoms with Gasteiger partial charge in [-0.2, -0.15) is 0 Å². The van der Waals surface area contributed by atoms with Crippen LogP contribution in [0.1, 0.15) is 10.4 Å². The van der Waals surface area contributed by atoms with Crippen molar-refractivity contribution < 1.29 is 19.4 Å². The molecule has 0 saturated heterocycles. The van der Waals surface area contributed by atoms with Crippen LogP contribution in [-0.2, 0) is 4.79 Å². The monoisotopic (exact) mass is 238 g/mol. The maximum atomic E-state index is 11.9. The Labute approximate surface area is 98.6 Å². The van der Waals surface area contributed by atoms with Gasteiger partial charge in [0.25, 0.3) is 5.91 Å². The zero-order valence-electron chi connectivity index (χ0n) is 9.64. The molecule has 0 saturated carbocycles. The van der Waals surface area contributed by atoms with Gasteiger partial charge in [0.2, 0.25) is 5.91 Å². The number of phenols is 1. The number of hydrogen-bond acceptors (Lipinski definition) is 4. The van der Waals surface area contributed by atoms with Gasteiger partial charge in [-0.1, -0.05) is 6.07 Å². The molecule has 1 aromatic rings. The molecular weight excluding hydrogens is 224 g/mol. The lowest BCUT2D eigenvalue weighted by Gasteiger charge is -2.16. The molecule has 6 nitrogen and oxygen atoms in total. The summed E-state index contributed by atoms with van der Waals surface area (Å²) in [7, 11) is 2.81. The van der Waals surface area contributed by atoms with Gasteiger partial charge in [0.05, 0.1) is 19.2 Å². The molecule has 0 atom stereocenters. The third-order valence-electron chi connectivity index (χ3n) is 2.19. The molecule has 17 heavy (non-hydrogen) atoms. The lowest BCUT2D eigenvalue weighted by atomic mass is 10.1. The maximum Gasteiger partial charge on any atom is 0.257 e. The zero-order chi connectivity index (χ0) is 13.0. The first kappa shape index (κ1) is 12.8. The largest absolute Gasteiger partial charge is 0.504 e. The number of phenolic OH excluding ortho intramolecular Hbond substituents is 1. The number of hydrogen-bond donors (Lipinski definition) is 2. The Morgan fingerprint density at radius 3 is 2.65 bits per heavy atom. The van der Waals surface area contributed by atoms with E-state index in [9.17, 15) is 14.7 Å². The minimum absolute atomic E-state index is 0.0631. The van der Waals surface area contributed by atoms with Gasteiger partial charge in [0, 0.05) is 7.05 Å². The topological polar surface area (TPSA) is 92.9 Å². The summed E-state index contributed by atoms with van der Waals surface area (Å²) in [6, 6.07) is 4.54. The van der Waals surface area contributed by atoms with Gasteiger partial charge in [0.15, 0.2) is 11.5 Å². The third kappa shape index (κ3) is 2.87. The van der Waals surface area contributed by atoms with E-state index in [1.165, 1.54) is 26.3 Å². The van der Waals surface area contributed by atoms with Crippen LogP contribution in [0, 0.1) is 0 Å². The molecule has 0 spiro atoms. The Hall–Kier alpha value is -2.24. The summed E-state index contributed by atoms with van der Waals surface area (Å²) in [4.78, 5) is 23.7. The molecule has 3 N–H and O–H groups in total. The Morgan fingerprint density at radius 1 is 1.47 bits per heavy atom. The zero-order valence-corrected chi connectivity index (χ0v) is 9.64. The lowest BCUT2D eigenvalue weighted by molar-refractivity contribution is -0.118. The molecule has 2 amide bonds. The highest BCUT2D eigenvalue weighted by molar-refractivity contribution is 5.99. The number of carbonyl (C=O) groups is 2. The van der Waals surface area contributed by atoms with Crippen molar-refractivity contribution in [2.75, 3.05) is 20.7 Å². The van der Waals surface area contributed by atoms with Gasteiger partial charge in [-0.3, -0.25) is 9.59 Å². The molecule has 0 radical (unpaired) electrons. The molecule has 92 valence electrons. The second-order valence-corrected chi connectivity index (χ2v) is 3.48. The van der Waals surface area contributed by atoms with Crippen molar-refractivity contribution in [1.29, 1.82) is 0 Å². The number of nitrogens with zero attached hydrogens (tertiary/aromatic N) is 1. The average Bonchev–Trinajstić information content (AvgIpc) is 2.27. The average molecular weight is 238 g/mol. The summed E-state index contributed by atoms with van der Waals surface area (Å²) in [5, 5.41) is 9.75. The van der Waals surface area contributed by atoms with Gasteiger partial charge in [0.1, 0.15) is 0 Å². The number of rotatable bonds is 4. The van der Waals surface area contributed by atoms with Crippen molar-refractivity contribution in [3.8, 4) is 11.5 Å². The number of amides is 2. The van der Waals surface area contributed by atoms with Crippen LogP contribution in [0.5, 0.6) is 11.5 Å². The number of carbonyl (C=O) groups excluding carboxylic acids is 2. The van der Waals surface area contributed by atoms with E-state index in [0.29, 0.717) is 0 Å². The fraction of sp³-hybridized carbons (Fsp3) is 0.273. The quantitative estimate of drug-likeness (QED) is 0.769. The van der Waals surface area contributed by atoms with Crippen molar-refractivity contribution in [2.24, 2.45) is 5.73 Å². The van der Waals surface area contributed by atoms with E-state index in [2.05, 4.69) is 0 Å². The van der Waals surface area contributed by atoms with E-state index in [1.807, 2.05) is 0 Å². The lowest BCUT2D eigenvalue weighted by Crippen LogP contribution is -2.35. The molecular formula is C11H14N2O4. The summed E-state index contributed by atoms with van der Waals surface area (Å²) >= 11 is 0. The molecule has 0 bridgehead atoms. The first-order valence-corrected chi connectivity index (χ1v) is 4.87. The van der Waals surface area contributed by atoms with Crippen LogP contribution in [0.2, 0.25) is 0 Å². The van der Waals surface area contributed by atoms with Gasteiger partial charge in [-0.05, 0) is 12.1 Å². The van der Waals surface area contributed by atoms with Crippen molar-refractivity contribution in [1.82, 2.24) is 4.90 Å². The van der Waals surface area contributed by atoms with Crippen molar-refractivity contribution >= 4 is 11.8 Å². The van der Waals surface area contributed by atoms with Crippen LogP contribution < -0.4 is 10.5 Å². The fourth-order valence-electron chi connectivity index (χ4n) is 1.37. The van der Waals surface area contributed by atoms with E-state index in [-0.39, 0.29) is 23.6 Å². The predicted octanol–water partition coefficient (Wildman–Crippen LogP) is -0.0419. The highest BCUT2D eigenvalue weighted by Crippen LogP contribution is 2.29. The van der Waals surface area contributed by atoms with E-state index < -0.39 is 11.8 Å². The predicted molar refractivity (Wildman–Crippen MR) is 60.8 cm³/mol. The second kappa shape index (κ2) is 5.20. The Balaban J connectivity index is 3.00. The molecule has 0 unspecified atom stereocenters. The van der Waals surface area contributed by atoms with Crippen molar-refractivity contribution in [2.45, 2.75) is 0 Å². The van der Waals surface area contributed by atoms with Crippen LogP contribution >= 0.6 is 0 Å². The number of likely N-dealkylation sites (N-methyl/N-ethyl adjacent to an activating group) is 1. The summed E-state index contributed by atoms with van der Waals surface area (Å²) in [5.74, 6) is -1.18. The van der Waals surface area contributed by atoms with Crippen LogP contribution in [0.15, 0.2) is 18.2 Å². The van der Waals surface area contributed by atoms with Crippen LogP contribution in [-0.4, -0.2) is 42.5 Å². The second-order valence-electron chi connectivity index (χ2n) is 3.48. The number of benzene rings is 1. The normalized spacial score (nSPS) is 9.76. The van der Waals surface area contributed by atoms with Gasteiger partial charge in [-0.25, -0.2) is 0 Å². The minimum atomic E-state index is -0.622. The van der Waals surface area contributed by atoms with Crippen LogP contribution in [0.3, 0.4) is 0 Å². The number of nitrogens with two attached hydrogens (primary N) is 1. The van der Waals surface area contributed by atoms with E-state index in [4.69, 9.17) is 10.5 Å². The Bertz CT molecular complexity index is 445. The molecule has 0 aliphatic carbocycles. The highest BCUT2D eigenvalue weighted by Gasteiger charge is 2.19. The summed E-state index contributed by atoms with van der Waals surface area (Å²) in [6.45, 7) is -0.213. The minimum Gasteiger partial charge on any atom is -0.504 e. The van der Waals surface area contributed by atoms with E-state index >= 15 is 0 Å². The van der Waals surface area contributed by atoms with Crippen LogP contribution in [0.25, 0.3) is 0 Å². The third-order valence-corrected chi connectivity index (χ3v) is 2.19. The highest BCUT2D eigenvalue weighted by atomic mass is 16.5. The molecule has 1 aromatic carbocycles. The number of ether oxygens (including phenoxy) is 1. The number of primary amides is 1. The van der Waals surface area contributed by atoms with Gasteiger partial charge >= 0.3 is 0 Å². The van der Waals surface area contributed by atoms with Crippen molar-refractivity contribution in [3.63, 3.8) is 0 Å². The van der Waals surface area contributed by atoms with E-state index in [1.54, 1.807) is 6.07 Å².